The molecular formula is C13H10N4O3S. The van der Waals surface area contributed by atoms with Crippen LogP contribution in [0.3, 0.4) is 0 Å². The summed E-state index contributed by atoms with van der Waals surface area (Å²) >= 11 is 0.955. The first kappa shape index (κ1) is 13.3. The fourth-order valence-electron chi connectivity index (χ4n) is 1.93. The van der Waals surface area contributed by atoms with Crippen molar-refractivity contribution >= 4 is 39.1 Å². The van der Waals surface area contributed by atoms with Crippen LogP contribution in [0.4, 0.5) is 5.00 Å². The van der Waals surface area contributed by atoms with Crippen molar-refractivity contribution in [3.63, 3.8) is 0 Å². The van der Waals surface area contributed by atoms with Gasteiger partial charge in [0.25, 0.3) is 0 Å². The Bertz CT molecular complexity index is 852. The molecule has 21 heavy (non-hydrogen) atoms. The second-order valence-corrected chi connectivity index (χ2v) is 5.19. The normalized spacial score (nSPS) is 10.7. The van der Waals surface area contributed by atoms with Crippen molar-refractivity contribution in [2.75, 3.05) is 12.8 Å². The smallest absolute Gasteiger partial charge is 0.359 e. The maximum absolute atomic E-state index is 12.5. The Balaban J connectivity index is 2.05. The van der Waals surface area contributed by atoms with Gasteiger partial charge in [0.15, 0.2) is 10.7 Å². The molecule has 3 N–H and O–H groups in total. The van der Waals surface area contributed by atoms with Gasteiger partial charge < -0.3 is 15.5 Å². The zero-order chi connectivity index (χ0) is 15.0. The van der Waals surface area contributed by atoms with E-state index in [4.69, 9.17) is 5.73 Å². The number of hydrogen-bond acceptors (Lipinski definition) is 7. The van der Waals surface area contributed by atoms with Crippen molar-refractivity contribution in [2.24, 2.45) is 0 Å². The van der Waals surface area contributed by atoms with E-state index in [0.717, 1.165) is 11.3 Å². The summed E-state index contributed by atoms with van der Waals surface area (Å²) in [6, 6.07) is 3.52. The summed E-state index contributed by atoms with van der Waals surface area (Å²) in [6.07, 6.45) is 3.19. The van der Waals surface area contributed by atoms with Gasteiger partial charge in [-0.1, -0.05) is 11.3 Å². The molecule has 0 saturated carbocycles. The molecule has 0 spiro atoms. The van der Waals surface area contributed by atoms with Crippen molar-refractivity contribution in [2.45, 2.75) is 0 Å². The minimum Gasteiger partial charge on any atom is -0.464 e. The lowest BCUT2D eigenvalue weighted by Gasteiger charge is -1.95. The minimum atomic E-state index is -0.664. The Kier molecular flexibility index (Phi) is 3.15. The number of ketones is 1. The van der Waals surface area contributed by atoms with Gasteiger partial charge in [0.1, 0.15) is 10.6 Å². The van der Waals surface area contributed by atoms with Crippen LogP contribution in [0.1, 0.15) is 25.9 Å². The van der Waals surface area contributed by atoms with Gasteiger partial charge >= 0.3 is 5.97 Å². The summed E-state index contributed by atoms with van der Waals surface area (Å²) in [5.41, 5.74) is 6.71. The van der Waals surface area contributed by atoms with Crippen LogP contribution < -0.4 is 5.73 Å². The fourth-order valence-corrected chi connectivity index (χ4v) is 2.70. The maximum Gasteiger partial charge on any atom is 0.359 e. The molecule has 0 aliphatic heterocycles. The van der Waals surface area contributed by atoms with Crippen molar-refractivity contribution < 1.29 is 14.3 Å². The third-order valence-corrected chi connectivity index (χ3v) is 3.81. The van der Waals surface area contributed by atoms with Crippen LogP contribution in [0.5, 0.6) is 0 Å². The number of nitrogen functional groups attached to an aromatic ring is 1. The second-order valence-electron chi connectivity index (χ2n) is 4.15. The molecule has 7 nitrogen and oxygen atoms in total. The largest absolute Gasteiger partial charge is 0.464 e. The average molecular weight is 302 g/mol. The number of ether oxygens (including phenoxy) is 1. The summed E-state index contributed by atoms with van der Waals surface area (Å²) in [7, 11) is 1.23. The Morgan fingerprint density at radius 3 is 3.00 bits per heavy atom. The van der Waals surface area contributed by atoms with Gasteiger partial charge in [0.2, 0.25) is 5.78 Å². The van der Waals surface area contributed by atoms with Gasteiger partial charge in [-0.3, -0.25) is 4.79 Å². The summed E-state index contributed by atoms with van der Waals surface area (Å²) in [4.78, 5) is 35.0. The first-order valence-corrected chi connectivity index (χ1v) is 6.75. The van der Waals surface area contributed by atoms with Gasteiger partial charge in [0.05, 0.1) is 12.7 Å². The zero-order valence-electron chi connectivity index (χ0n) is 10.9. The van der Waals surface area contributed by atoms with Crippen LogP contribution in [0.2, 0.25) is 0 Å². The van der Waals surface area contributed by atoms with Crippen LogP contribution in [0.25, 0.3) is 11.0 Å². The fraction of sp³-hybridized carbons (Fsp3) is 0.0769. The molecule has 3 rings (SSSR count). The van der Waals surface area contributed by atoms with E-state index < -0.39 is 5.97 Å². The van der Waals surface area contributed by atoms with E-state index in [0.29, 0.717) is 16.6 Å². The molecule has 0 atom stereocenters. The third-order valence-electron chi connectivity index (χ3n) is 2.92. The lowest BCUT2D eigenvalue weighted by Crippen LogP contribution is -2.06. The number of nitrogens with two attached hydrogens (primary N) is 1. The summed E-state index contributed by atoms with van der Waals surface area (Å²) < 4.78 is 4.57. The Morgan fingerprint density at radius 1 is 1.43 bits per heavy atom. The molecule has 0 aliphatic rings. The summed E-state index contributed by atoms with van der Waals surface area (Å²) in [5, 5.41) is 0.983. The number of nitrogens with one attached hydrogen (secondary N) is 1. The van der Waals surface area contributed by atoms with Gasteiger partial charge in [0, 0.05) is 17.8 Å². The predicted molar refractivity (Wildman–Crippen MR) is 77.4 cm³/mol. The predicted octanol–water partition coefficient (Wildman–Crippen LogP) is 1.62. The number of thiazole rings is 1. The Morgan fingerprint density at radius 2 is 2.24 bits per heavy atom. The number of methoxy groups -OCH3 is 1. The summed E-state index contributed by atoms with van der Waals surface area (Å²) in [6.45, 7) is 0. The SMILES string of the molecule is COC(=O)c1nc(C(=O)c2c[nH]c3ncccc23)sc1N. The van der Waals surface area contributed by atoms with Crippen LogP contribution >= 0.6 is 11.3 Å². The van der Waals surface area contributed by atoms with E-state index in [-0.39, 0.29) is 21.5 Å². The highest BCUT2D eigenvalue weighted by atomic mass is 32.1. The highest BCUT2D eigenvalue weighted by Crippen LogP contribution is 2.26. The van der Waals surface area contributed by atoms with Gasteiger partial charge in [-0.2, -0.15) is 0 Å². The third kappa shape index (κ3) is 2.15. The lowest BCUT2D eigenvalue weighted by molar-refractivity contribution is 0.0596. The van der Waals surface area contributed by atoms with Crippen LogP contribution in [-0.2, 0) is 4.74 Å². The number of aromatic nitrogens is 3. The maximum atomic E-state index is 12.5. The number of nitrogens with zero attached hydrogens (tertiary/aromatic N) is 2. The number of pyridine rings is 1. The molecule has 0 fully saturated rings. The van der Waals surface area contributed by atoms with Crippen LogP contribution in [0.15, 0.2) is 24.5 Å². The zero-order valence-corrected chi connectivity index (χ0v) is 11.7. The Labute approximate surface area is 122 Å². The molecule has 3 heterocycles. The molecule has 106 valence electrons. The topological polar surface area (TPSA) is 111 Å². The molecule has 8 heteroatoms. The van der Waals surface area contributed by atoms with Crippen LogP contribution in [0, 0.1) is 0 Å². The number of hydrogen-bond donors (Lipinski definition) is 2. The second kappa shape index (κ2) is 4.98. The lowest BCUT2D eigenvalue weighted by atomic mass is 10.1. The number of fused-ring (bicyclic) bond motifs is 1. The van der Waals surface area contributed by atoms with Crippen LogP contribution in [-0.4, -0.2) is 33.8 Å². The van der Waals surface area contributed by atoms with Crippen molar-refractivity contribution in [1.29, 1.82) is 0 Å². The van der Waals surface area contributed by atoms with E-state index in [1.807, 2.05) is 0 Å². The highest BCUT2D eigenvalue weighted by molar-refractivity contribution is 7.17. The molecule has 3 aromatic rings. The van der Waals surface area contributed by atoms with Crippen molar-refractivity contribution in [1.82, 2.24) is 15.0 Å². The number of esters is 1. The monoisotopic (exact) mass is 302 g/mol. The van der Waals surface area contributed by atoms with E-state index in [1.54, 1.807) is 24.5 Å². The number of aromatic amines is 1. The molecule has 0 bridgehead atoms. The van der Waals surface area contributed by atoms with E-state index in [2.05, 4.69) is 19.7 Å². The van der Waals surface area contributed by atoms with E-state index >= 15 is 0 Å². The average Bonchev–Trinajstić information content (AvgIpc) is 3.09. The minimum absolute atomic E-state index is 0.0381. The first-order valence-electron chi connectivity index (χ1n) is 5.93. The van der Waals surface area contributed by atoms with Crippen molar-refractivity contribution in [3.05, 3.63) is 40.8 Å². The van der Waals surface area contributed by atoms with Gasteiger partial charge in [-0.05, 0) is 12.1 Å². The quantitative estimate of drug-likeness (QED) is 0.562. The molecule has 0 saturated heterocycles. The van der Waals surface area contributed by atoms with Gasteiger partial charge in [-0.15, -0.1) is 0 Å². The molecular weight excluding hydrogens is 292 g/mol. The molecule has 3 aromatic heterocycles. The highest BCUT2D eigenvalue weighted by Gasteiger charge is 2.23. The van der Waals surface area contributed by atoms with Gasteiger partial charge in [-0.25, -0.2) is 14.8 Å². The molecule has 0 unspecified atom stereocenters. The number of carbonyl (C=O) groups is 2. The molecule has 0 amide bonds. The Hall–Kier alpha value is -2.74. The number of anilines is 1. The number of H-pyrrole nitrogens is 1. The molecule has 0 aromatic carbocycles. The molecule has 0 aliphatic carbocycles. The standard InChI is InChI=1S/C13H10N4O3S/c1-20-13(19)8-10(14)21-12(17-8)9(18)7-5-16-11-6(7)3-2-4-15-11/h2-5H,14H2,1H3,(H,15,16). The first-order chi connectivity index (χ1) is 10.1. The molecule has 0 radical (unpaired) electrons. The summed E-state index contributed by atoms with van der Waals surface area (Å²) in [5.74, 6) is -0.982. The number of carbonyl (C=O) groups excluding carboxylic acids is 2. The van der Waals surface area contributed by atoms with E-state index in [9.17, 15) is 9.59 Å². The van der Waals surface area contributed by atoms with E-state index in [1.165, 1.54) is 7.11 Å². The number of rotatable bonds is 3. The van der Waals surface area contributed by atoms with Crippen molar-refractivity contribution in [3.8, 4) is 0 Å².